The van der Waals surface area contributed by atoms with E-state index in [-0.39, 0.29) is 17.2 Å². The lowest BCUT2D eigenvalue weighted by Gasteiger charge is -2.10. The van der Waals surface area contributed by atoms with Crippen molar-refractivity contribution in [3.63, 3.8) is 0 Å². The molecule has 0 saturated carbocycles. The van der Waals surface area contributed by atoms with Crippen LogP contribution >= 0.6 is 27.7 Å². The molecule has 0 unspecified atom stereocenters. The van der Waals surface area contributed by atoms with Gasteiger partial charge in [-0.15, -0.1) is 10.2 Å². The first-order valence-electron chi connectivity index (χ1n) is 10.1. The summed E-state index contributed by atoms with van der Waals surface area (Å²) in [5.74, 6) is -0.553. The number of rotatable bonds is 8. The molecule has 4 aromatic rings. The maximum absolute atomic E-state index is 12.3. The average molecular weight is 536 g/mol. The molecule has 2 N–H and O–H groups in total. The molecule has 1 aromatic heterocycles. The second kappa shape index (κ2) is 10.9. The summed E-state index contributed by atoms with van der Waals surface area (Å²) in [4.78, 5) is 23.2. The highest BCUT2D eigenvalue weighted by molar-refractivity contribution is 9.10. The van der Waals surface area contributed by atoms with Crippen molar-refractivity contribution in [3.05, 3.63) is 94.5 Å². The molecular weight excluding hydrogens is 518 g/mol. The molecule has 34 heavy (non-hydrogen) atoms. The first-order valence-corrected chi connectivity index (χ1v) is 11.8. The van der Waals surface area contributed by atoms with Gasteiger partial charge in [0.15, 0.2) is 11.0 Å². The van der Waals surface area contributed by atoms with Crippen molar-refractivity contribution < 1.29 is 14.7 Å². The van der Waals surface area contributed by atoms with Crippen molar-refractivity contribution >= 4 is 45.8 Å². The number of amides is 1. The van der Waals surface area contributed by atoms with Gasteiger partial charge in [0.1, 0.15) is 0 Å². The Morgan fingerprint density at radius 3 is 2.38 bits per heavy atom. The summed E-state index contributed by atoms with van der Waals surface area (Å²) in [6.07, 6.45) is 1.45. The first kappa shape index (κ1) is 23.4. The van der Waals surface area contributed by atoms with Gasteiger partial charge in [-0.3, -0.25) is 9.36 Å². The number of halogens is 1. The van der Waals surface area contributed by atoms with Crippen LogP contribution < -0.4 is 5.43 Å². The Balaban J connectivity index is 1.46. The van der Waals surface area contributed by atoms with Crippen molar-refractivity contribution in [2.75, 3.05) is 5.75 Å². The summed E-state index contributed by atoms with van der Waals surface area (Å²) in [5.41, 5.74) is 5.11. The van der Waals surface area contributed by atoms with E-state index in [1.54, 1.807) is 12.1 Å². The van der Waals surface area contributed by atoms with E-state index in [0.29, 0.717) is 16.5 Å². The Bertz CT molecular complexity index is 1320. The Morgan fingerprint density at radius 2 is 1.71 bits per heavy atom. The second-order valence-corrected chi connectivity index (χ2v) is 8.85. The Morgan fingerprint density at radius 1 is 1.00 bits per heavy atom. The zero-order valence-corrected chi connectivity index (χ0v) is 20.0. The highest BCUT2D eigenvalue weighted by Crippen LogP contribution is 2.28. The predicted molar refractivity (Wildman–Crippen MR) is 134 cm³/mol. The van der Waals surface area contributed by atoms with Gasteiger partial charge in [0.2, 0.25) is 0 Å². The number of aromatic nitrogens is 3. The summed E-state index contributed by atoms with van der Waals surface area (Å²) < 4.78 is 2.86. The third kappa shape index (κ3) is 5.77. The van der Waals surface area contributed by atoms with Gasteiger partial charge in [-0.2, -0.15) is 5.10 Å². The minimum atomic E-state index is -1.000. The zero-order valence-electron chi connectivity index (χ0n) is 17.6. The molecule has 0 aliphatic rings. The molecule has 0 saturated heterocycles. The molecule has 0 radical (unpaired) electrons. The molecule has 0 aliphatic carbocycles. The minimum Gasteiger partial charge on any atom is -0.478 e. The van der Waals surface area contributed by atoms with E-state index < -0.39 is 5.97 Å². The standard InChI is InChI=1S/C24H18BrN5O3S/c25-19-10-12-20(13-11-19)30-22(17-4-2-1-3-5-17)28-29-24(30)34-15-21(31)27-26-14-16-6-8-18(9-7-16)23(32)33/h1-14H,15H2,(H,27,31)(H,32,33)/b26-14-. The van der Waals surface area contributed by atoms with Gasteiger partial charge >= 0.3 is 5.97 Å². The maximum Gasteiger partial charge on any atom is 0.335 e. The number of carbonyl (C=O) groups excluding carboxylic acids is 1. The summed E-state index contributed by atoms with van der Waals surface area (Å²) in [5, 5.41) is 22.1. The summed E-state index contributed by atoms with van der Waals surface area (Å²) in [6, 6.07) is 23.6. The molecule has 170 valence electrons. The topological polar surface area (TPSA) is 109 Å². The molecule has 1 heterocycles. The Hall–Kier alpha value is -3.76. The van der Waals surface area contributed by atoms with Crippen LogP contribution in [0, 0.1) is 0 Å². The van der Waals surface area contributed by atoms with E-state index in [1.165, 1.54) is 30.1 Å². The predicted octanol–water partition coefficient (Wildman–Crippen LogP) is 4.64. The van der Waals surface area contributed by atoms with Crippen LogP contribution in [0.2, 0.25) is 0 Å². The van der Waals surface area contributed by atoms with Crippen LogP contribution in [-0.2, 0) is 4.79 Å². The monoisotopic (exact) mass is 535 g/mol. The molecule has 0 aliphatic heterocycles. The van der Waals surface area contributed by atoms with E-state index in [9.17, 15) is 9.59 Å². The highest BCUT2D eigenvalue weighted by atomic mass is 79.9. The number of benzene rings is 3. The number of hydrogen-bond acceptors (Lipinski definition) is 6. The Labute approximate surface area is 207 Å². The van der Waals surface area contributed by atoms with Crippen LogP contribution in [0.3, 0.4) is 0 Å². The lowest BCUT2D eigenvalue weighted by atomic mass is 10.1. The van der Waals surface area contributed by atoms with E-state index in [4.69, 9.17) is 5.11 Å². The molecule has 0 spiro atoms. The number of nitrogens with zero attached hydrogens (tertiary/aromatic N) is 4. The van der Waals surface area contributed by atoms with Crippen LogP contribution in [0.15, 0.2) is 93.6 Å². The normalized spacial score (nSPS) is 11.0. The quantitative estimate of drug-likeness (QED) is 0.193. The highest BCUT2D eigenvalue weighted by Gasteiger charge is 2.17. The molecule has 0 bridgehead atoms. The van der Waals surface area contributed by atoms with Gasteiger partial charge in [0, 0.05) is 15.7 Å². The van der Waals surface area contributed by atoms with Crippen LogP contribution in [0.5, 0.6) is 0 Å². The molecular formula is C24H18BrN5O3S. The molecule has 0 fully saturated rings. The zero-order chi connectivity index (χ0) is 23.9. The Kier molecular flexibility index (Phi) is 7.51. The molecule has 10 heteroatoms. The van der Waals surface area contributed by atoms with Gasteiger partial charge < -0.3 is 5.11 Å². The summed E-state index contributed by atoms with van der Waals surface area (Å²) >= 11 is 4.70. The van der Waals surface area contributed by atoms with E-state index in [2.05, 4.69) is 36.7 Å². The largest absolute Gasteiger partial charge is 0.478 e. The number of carboxylic acids is 1. The van der Waals surface area contributed by atoms with Gasteiger partial charge in [0.05, 0.1) is 17.5 Å². The molecule has 3 aromatic carbocycles. The number of nitrogens with one attached hydrogen (secondary N) is 1. The number of carbonyl (C=O) groups is 2. The smallest absolute Gasteiger partial charge is 0.335 e. The second-order valence-electron chi connectivity index (χ2n) is 6.99. The number of hydrogen-bond donors (Lipinski definition) is 2. The average Bonchev–Trinajstić information content (AvgIpc) is 3.28. The minimum absolute atomic E-state index is 0.0821. The van der Waals surface area contributed by atoms with E-state index >= 15 is 0 Å². The van der Waals surface area contributed by atoms with Crippen LogP contribution in [0.4, 0.5) is 0 Å². The summed E-state index contributed by atoms with van der Waals surface area (Å²) in [7, 11) is 0. The van der Waals surface area contributed by atoms with Crippen molar-refractivity contribution in [2.24, 2.45) is 5.10 Å². The lowest BCUT2D eigenvalue weighted by molar-refractivity contribution is -0.118. The fourth-order valence-corrected chi connectivity index (χ4v) is 4.02. The number of aromatic carboxylic acids is 1. The van der Waals surface area contributed by atoms with Crippen molar-refractivity contribution in [3.8, 4) is 17.1 Å². The third-order valence-corrected chi connectivity index (χ3v) is 6.10. The maximum atomic E-state index is 12.3. The summed E-state index contributed by atoms with van der Waals surface area (Å²) in [6.45, 7) is 0. The van der Waals surface area contributed by atoms with Crippen molar-refractivity contribution in [1.29, 1.82) is 0 Å². The van der Waals surface area contributed by atoms with Crippen LogP contribution in [-0.4, -0.2) is 43.7 Å². The SMILES string of the molecule is O=C(CSc1nnc(-c2ccccc2)n1-c1ccc(Br)cc1)N/N=C\c1ccc(C(=O)O)cc1. The molecule has 0 atom stereocenters. The van der Waals surface area contributed by atoms with Crippen molar-refractivity contribution in [1.82, 2.24) is 20.2 Å². The van der Waals surface area contributed by atoms with Gasteiger partial charge in [-0.05, 0) is 42.0 Å². The van der Waals surface area contributed by atoms with E-state index in [1.807, 2.05) is 59.2 Å². The van der Waals surface area contributed by atoms with E-state index in [0.717, 1.165) is 15.7 Å². The third-order valence-electron chi connectivity index (χ3n) is 4.64. The van der Waals surface area contributed by atoms with Gasteiger partial charge in [-0.1, -0.05) is 70.2 Å². The van der Waals surface area contributed by atoms with Crippen LogP contribution in [0.25, 0.3) is 17.1 Å². The van der Waals surface area contributed by atoms with Crippen LogP contribution in [0.1, 0.15) is 15.9 Å². The number of hydrazone groups is 1. The molecule has 4 rings (SSSR count). The first-order chi connectivity index (χ1) is 16.5. The van der Waals surface area contributed by atoms with Crippen molar-refractivity contribution in [2.45, 2.75) is 5.16 Å². The fourth-order valence-electron chi connectivity index (χ4n) is 3.01. The molecule has 8 nitrogen and oxygen atoms in total. The molecule has 1 amide bonds. The fraction of sp³-hybridized carbons (Fsp3) is 0.0417. The lowest BCUT2D eigenvalue weighted by Crippen LogP contribution is -2.20. The number of carboxylic acid groups (broad SMARTS) is 1. The number of thioether (sulfide) groups is 1. The van der Waals surface area contributed by atoms with Gasteiger partial charge in [0.25, 0.3) is 5.91 Å². The van der Waals surface area contributed by atoms with Gasteiger partial charge in [-0.25, -0.2) is 10.2 Å².